The van der Waals surface area contributed by atoms with E-state index in [2.05, 4.69) is 41.8 Å². The van der Waals surface area contributed by atoms with Crippen molar-refractivity contribution in [2.75, 3.05) is 25.1 Å². The van der Waals surface area contributed by atoms with Crippen LogP contribution in [0.5, 0.6) is 0 Å². The largest absolute Gasteiger partial charge is 0.382 e. The highest BCUT2D eigenvalue weighted by Gasteiger charge is 1.99. The molecule has 17 heavy (non-hydrogen) atoms. The summed E-state index contributed by atoms with van der Waals surface area (Å²) in [4.78, 5) is 0. The maximum absolute atomic E-state index is 5.89. The lowest BCUT2D eigenvalue weighted by Gasteiger charge is -2.10. The molecule has 0 heterocycles. The molecule has 96 valence electrons. The highest BCUT2D eigenvalue weighted by atomic mass is 127. The second kappa shape index (κ2) is 8.16. The van der Waals surface area contributed by atoms with Crippen LogP contribution in [0.4, 0.5) is 5.69 Å². The average Bonchev–Trinajstić information content (AvgIpc) is 2.25. The Morgan fingerprint density at radius 2 is 2.12 bits per heavy atom. The summed E-state index contributed by atoms with van der Waals surface area (Å²) in [6.07, 6.45) is 1.12. The number of hydrogen-bond donors (Lipinski definition) is 1. The molecule has 0 radical (unpaired) electrons. The van der Waals surface area contributed by atoms with E-state index in [1.807, 2.05) is 18.2 Å². The van der Waals surface area contributed by atoms with Crippen LogP contribution in [-0.2, 0) is 4.74 Å². The SMILES string of the molecule is CC(C)CCOCCNc1ccc(Cl)cc1I. The third kappa shape index (κ3) is 6.48. The van der Waals surface area contributed by atoms with Gasteiger partial charge in [-0.3, -0.25) is 0 Å². The molecule has 1 aromatic carbocycles. The summed E-state index contributed by atoms with van der Waals surface area (Å²) in [6.45, 7) is 6.83. The van der Waals surface area contributed by atoms with Crippen LogP contribution in [0, 0.1) is 9.49 Å². The van der Waals surface area contributed by atoms with E-state index >= 15 is 0 Å². The second-order valence-corrected chi connectivity index (χ2v) is 5.94. The predicted molar refractivity (Wildman–Crippen MR) is 82.9 cm³/mol. The lowest BCUT2D eigenvalue weighted by molar-refractivity contribution is 0.132. The van der Waals surface area contributed by atoms with Gasteiger partial charge in [-0.05, 0) is 53.1 Å². The number of hydrogen-bond acceptors (Lipinski definition) is 2. The molecule has 0 fully saturated rings. The normalized spacial score (nSPS) is 10.9. The van der Waals surface area contributed by atoms with Crippen LogP contribution in [0.15, 0.2) is 18.2 Å². The number of nitrogens with one attached hydrogen (secondary N) is 1. The Hall–Kier alpha value is -0.000000000000000111. The molecule has 0 unspecified atom stereocenters. The fraction of sp³-hybridized carbons (Fsp3) is 0.538. The topological polar surface area (TPSA) is 21.3 Å². The van der Waals surface area contributed by atoms with Crippen molar-refractivity contribution in [3.63, 3.8) is 0 Å². The molecular formula is C13H19ClINO. The van der Waals surface area contributed by atoms with Gasteiger partial charge >= 0.3 is 0 Å². The van der Waals surface area contributed by atoms with E-state index in [0.29, 0.717) is 5.92 Å². The quantitative estimate of drug-likeness (QED) is 0.569. The Labute approximate surface area is 122 Å². The molecule has 0 aliphatic carbocycles. The molecular weight excluding hydrogens is 349 g/mol. The molecule has 1 aromatic rings. The first-order valence-corrected chi connectivity index (χ1v) is 7.32. The molecule has 0 aliphatic rings. The van der Waals surface area contributed by atoms with Crippen LogP contribution in [0.3, 0.4) is 0 Å². The van der Waals surface area contributed by atoms with Crippen LogP contribution in [-0.4, -0.2) is 19.8 Å². The number of halogens is 2. The average molecular weight is 368 g/mol. The van der Waals surface area contributed by atoms with E-state index in [1.54, 1.807) is 0 Å². The molecule has 0 amide bonds. The first kappa shape index (κ1) is 15.1. The van der Waals surface area contributed by atoms with Gasteiger partial charge in [0.15, 0.2) is 0 Å². The minimum Gasteiger partial charge on any atom is -0.382 e. The summed E-state index contributed by atoms with van der Waals surface area (Å²) in [5.74, 6) is 0.708. The van der Waals surface area contributed by atoms with Gasteiger partial charge in [-0.25, -0.2) is 0 Å². The zero-order chi connectivity index (χ0) is 12.7. The van der Waals surface area contributed by atoms with Crippen LogP contribution >= 0.6 is 34.2 Å². The van der Waals surface area contributed by atoms with Crippen molar-refractivity contribution in [1.82, 2.24) is 0 Å². The lowest BCUT2D eigenvalue weighted by atomic mass is 10.1. The van der Waals surface area contributed by atoms with Gasteiger partial charge in [-0.15, -0.1) is 0 Å². The first-order valence-electron chi connectivity index (χ1n) is 5.86. The molecule has 1 rings (SSSR count). The zero-order valence-electron chi connectivity index (χ0n) is 10.3. The molecule has 0 bridgehead atoms. The molecule has 0 aliphatic heterocycles. The van der Waals surface area contributed by atoms with Gasteiger partial charge in [0.1, 0.15) is 0 Å². The Balaban J connectivity index is 2.18. The Kier molecular flexibility index (Phi) is 7.23. The van der Waals surface area contributed by atoms with Gasteiger partial charge in [-0.1, -0.05) is 25.4 Å². The Morgan fingerprint density at radius 3 is 2.76 bits per heavy atom. The second-order valence-electron chi connectivity index (χ2n) is 4.35. The Morgan fingerprint density at radius 1 is 1.35 bits per heavy atom. The monoisotopic (exact) mass is 367 g/mol. The molecule has 0 aromatic heterocycles. The number of anilines is 1. The minimum atomic E-state index is 0.708. The van der Waals surface area contributed by atoms with E-state index in [-0.39, 0.29) is 0 Å². The molecule has 0 spiro atoms. The van der Waals surface area contributed by atoms with Crippen molar-refractivity contribution in [3.05, 3.63) is 26.8 Å². The fourth-order valence-electron chi connectivity index (χ4n) is 1.31. The highest BCUT2D eigenvalue weighted by Crippen LogP contribution is 2.21. The highest BCUT2D eigenvalue weighted by molar-refractivity contribution is 14.1. The van der Waals surface area contributed by atoms with Crippen molar-refractivity contribution in [2.45, 2.75) is 20.3 Å². The maximum atomic E-state index is 5.89. The van der Waals surface area contributed by atoms with E-state index in [9.17, 15) is 0 Å². The number of rotatable bonds is 7. The van der Waals surface area contributed by atoms with Crippen molar-refractivity contribution in [3.8, 4) is 0 Å². The van der Waals surface area contributed by atoms with E-state index < -0.39 is 0 Å². The summed E-state index contributed by atoms with van der Waals surface area (Å²) in [7, 11) is 0. The van der Waals surface area contributed by atoms with Crippen LogP contribution in [0.25, 0.3) is 0 Å². The molecule has 0 atom stereocenters. The van der Waals surface area contributed by atoms with Gasteiger partial charge in [0, 0.05) is 27.4 Å². The summed E-state index contributed by atoms with van der Waals surface area (Å²) < 4.78 is 6.68. The molecule has 4 heteroatoms. The van der Waals surface area contributed by atoms with E-state index in [0.717, 1.165) is 40.5 Å². The van der Waals surface area contributed by atoms with Gasteiger partial charge in [0.2, 0.25) is 0 Å². The minimum absolute atomic E-state index is 0.708. The molecule has 0 saturated carbocycles. The fourth-order valence-corrected chi connectivity index (χ4v) is 2.37. The zero-order valence-corrected chi connectivity index (χ0v) is 13.2. The third-order valence-electron chi connectivity index (χ3n) is 2.33. The van der Waals surface area contributed by atoms with Crippen molar-refractivity contribution in [2.24, 2.45) is 5.92 Å². The van der Waals surface area contributed by atoms with Crippen LogP contribution in [0.2, 0.25) is 5.02 Å². The van der Waals surface area contributed by atoms with Crippen molar-refractivity contribution >= 4 is 39.9 Å². The van der Waals surface area contributed by atoms with Crippen LogP contribution < -0.4 is 5.32 Å². The summed E-state index contributed by atoms with van der Waals surface area (Å²) in [6, 6.07) is 5.84. The molecule has 1 N–H and O–H groups in total. The number of ether oxygens (including phenoxy) is 1. The summed E-state index contributed by atoms with van der Waals surface area (Å²) in [5, 5.41) is 4.11. The van der Waals surface area contributed by atoms with Crippen molar-refractivity contribution in [1.29, 1.82) is 0 Å². The smallest absolute Gasteiger partial charge is 0.0639 e. The lowest BCUT2D eigenvalue weighted by Crippen LogP contribution is -2.11. The van der Waals surface area contributed by atoms with Gasteiger partial charge in [-0.2, -0.15) is 0 Å². The Bertz CT molecular complexity index is 344. The van der Waals surface area contributed by atoms with E-state index in [1.165, 1.54) is 0 Å². The van der Waals surface area contributed by atoms with Gasteiger partial charge < -0.3 is 10.1 Å². The van der Waals surface area contributed by atoms with Gasteiger partial charge in [0.05, 0.1) is 6.61 Å². The summed E-state index contributed by atoms with van der Waals surface area (Å²) in [5.41, 5.74) is 1.11. The standard InChI is InChI=1S/C13H19ClINO/c1-10(2)5-7-17-8-6-16-13-4-3-11(14)9-12(13)15/h3-4,9-10,16H,5-8H2,1-2H3. The van der Waals surface area contributed by atoms with Crippen molar-refractivity contribution < 1.29 is 4.74 Å². The first-order chi connectivity index (χ1) is 8.09. The maximum Gasteiger partial charge on any atom is 0.0639 e. The van der Waals surface area contributed by atoms with E-state index in [4.69, 9.17) is 16.3 Å². The molecule has 0 saturated heterocycles. The van der Waals surface area contributed by atoms with Gasteiger partial charge in [0.25, 0.3) is 0 Å². The number of benzene rings is 1. The predicted octanol–water partition coefficient (Wildman–Crippen LogP) is 4.42. The third-order valence-corrected chi connectivity index (χ3v) is 3.46. The molecule has 2 nitrogen and oxygen atoms in total. The summed E-state index contributed by atoms with van der Waals surface area (Å²) >= 11 is 8.17. The van der Waals surface area contributed by atoms with Crippen LogP contribution in [0.1, 0.15) is 20.3 Å².